The van der Waals surface area contributed by atoms with Gasteiger partial charge in [0.1, 0.15) is 0 Å². The topological polar surface area (TPSA) is 50.8 Å². The van der Waals surface area contributed by atoms with E-state index in [1.165, 1.54) is 0 Å². The zero-order chi connectivity index (χ0) is 11.1. The minimum Gasteiger partial charge on any atom is -0.287 e. The van der Waals surface area contributed by atoms with E-state index >= 15 is 0 Å². The lowest BCUT2D eigenvalue weighted by Gasteiger charge is -2.16. The predicted octanol–water partition coefficient (Wildman–Crippen LogP) is 1.90. The summed E-state index contributed by atoms with van der Waals surface area (Å²) in [5.74, 6) is 0. The Kier molecular flexibility index (Phi) is 4.34. The molecule has 15 heavy (non-hydrogen) atoms. The number of hydrogen-bond acceptors (Lipinski definition) is 3. The smallest absolute Gasteiger partial charge is 0.0991 e. The van der Waals surface area contributed by atoms with Crippen molar-refractivity contribution in [2.75, 3.05) is 13.1 Å². The Morgan fingerprint density at radius 2 is 2.13 bits per heavy atom. The Balaban J connectivity index is 2.72. The van der Waals surface area contributed by atoms with E-state index in [1.54, 1.807) is 6.07 Å². The van der Waals surface area contributed by atoms with Crippen LogP contribution in [-0.2, 0) is 6.54 Å². The Morgan fingerprint density at radius 1 is 1.33 bits per heavy atom. The molecular weight excluding hydrogens is 186 g/mol. The first kappa shape index (κ1) is 11.2. The molecule has 0 aromatic heterocycles. The van der Waals surface area contributed by atoms with Crippen molar-refractivity contribution in [2.24, 2.45) is 0 Å². The highest BCUT2D eigenvalue weighted by Gasteiger charge is 2.03. The van der Waals surface area contributed by atoms with Crippen LogP contribution in [0.3, 0.4) is 0 Å². The van der Waals surface area contributed by atoms with Gasteiger partial charge in [-0.2, -0.15) is 10.5 Å². The number of rotatable bonds is 4. The van der Waals surface area contributed by atoms with Crippen molar-refractivity contribution in [3.05, 3.63) is 35.4 Å². The summed E-state index contributed by atoms with van der Waals surface area (Å²) in [6.07, 6.45) is 0. The Bertz CT molecular complexity index is 398. The summed E-state index contributed by atoms with van der Waals surface area (Å²) in [5.41, 5.74) is 1.74. The van der Waals surface area contributed by atoms with Gasteiger partial charge in [-0.25, -0.2) is 0 Å². The first-order valence-corrected chi connectivity index (χ1v) is 4.88. The molecule has 1 rings (SSSR count). The van der Waals surface area contributed by atoms with Crippen LogP contribution in [0.2, 0.25) is 0 Å². The molecule has 0 aliphatic carbocycles. The lowest BCUT2D eigenvalue weighted by molar-refractivity contribution is 0.315. The van der Waals surface area contributed by atoms with Gasteiger partial charge in [-0.05, 0) is 24.2 Å². The normalized spacial score (nSPS) is 9.60. The summed E-state index contributed by atoms with van der Waals surface area (Å²) >= 11 is 0. The van der Waals surface area contributed by atoms with Crippen molar-refractivity contribution in [3.8, 4) is 12.1 Å². The number of nitrogens with zero attached hydrogens (tertiary/aromatic N) is 3. The third-order valence-corrected chi connectivity index (χ3v) is 2.20. The van der Waals surface area contributed by atoms with Crippen molar-refractivity contribution >= 4 is 0 Å². The molecule has 0 radical (unpaired) electrons. The average Bonchev–Trinajstić information content (AvgIpc) is 2.29. The minimum absolute atomic E-state index is 0.424. The fraction of sp³-hybridized carbons (Fsp3) is 0.333. The molecule has 0 unspecified atom stereocenters. The first-order chi connectivity index (χ1) is 7.30. The van der Waals surface area contributed by atoms with Crippen molar-refractivity contribution < 1.29 is 0 Å². The first-order valence-electron chi connectivity index (χ1n) is 4.88. The van der Waals surface area contributed by atoms with Gasteiger partial charge in [0.25, 0.3) is 0 Å². The third kappa shape index (κ3) is 3.42. The van der Waals surface area contributed by atoms with Crippen molar-refractivity contribution in [2.45, 2.75) is 13.5 Å². The van der Waals surface area contributed by atoms with Gasteiger partial charge in [-0.15, -0.1) is 0 Å². The van der Waals surface area contributed by atoms with Crippen LogP contribution < -0.4 is 0 Å². The highest BCUT2D eigenvalue weighted by molar-refractivity contribution is 5.32. The van der Waals surface area contributed by atoms with Crippen LogP contribution >= 0.6 is 0 Å². The Labute approximate surface area is 90.2 Å². The molecule has 0 aliphatic rings. The van der Waals surface area contributed by atoms with Gasteiger partial charge in [0.2, 0.25) is 0 Å². The molecule has 0 amide bonds. The second-order valence-corrected chi connectivity index (χ2v) is 3.27. The lowest BCUT2D eigenvalue weighted by atomic mass is 10.1. The van der Waals surface area contributed by atoms with Crippen LogP contribution in [0.1, 0.15) is 18.1 Å². The standard InChI is InChI=1S/C12H13N3/c1-2-15(7-6-13)10-12-5-3-4-11(8-12)9-14/h3-5,8H,2,7,10H2,1H3. The molecule has 1 aromatic carbocycles. The summed E-state index contributed by atoms with van der Waals surface area (Å²) in [6, 6.07) is 11.7. The van der Waals surface area contributed by atoms with Gasteiger partial charge in [0, 0.05) is 6.54 Å². The minimum atomic E-state index is 0.424. The van der Waals surface area contributed by atoms with Gasteiger partial charge >= 0.3 is 0 Å². The highest BCUT2D eigenvalue weighted by Crippen LogP contribution is 2.07. The van der Waals surface area contributed by atoms with E-state index in [-0.39, 0.29) is 0 Å². The van der Waals surface area contributed by atoms with Crippen LogP contribution in [0.15, 0.2) is 24.3 Å². The zero-order valence-corrected chi connectivity index (χ0v) is 8.77. The van der Waals surface area contributed by atoms with Crippen LogP contribution in [-0.4, -0.2) is 18.0 Å². The van der Waals surface area contributed by atoms with E-state index < -0.39 is 0 Å². The van der Waals surface area contributed by atoms with Crippen molar-refractivity contribution in [1.82, 2.24) is 4.90 Å². The van der Waals surface area contributed by atoms with Crippen LogP contribution in [0, 0.1) is 22.7 Å². The molecule has 0 fully saturated rings. The van der Waals surface area contributed by atoms with Gasteiger partial charge in [-0.1, -0.05) is 19.1 Å². The van der Waals surface area contributed by atoms with Gasteiger partial charge in [-0.3, -0.25) is 4.90 Å². The number of nitriles is 2. The monoisotopic (exact) mass is 199 g/mol. The molecule has 0 aliphatic heterocycles. The predicted molar refractivity (Wildman–Crippen MR) is 57.7 cm³/mol. The quantitative estimate of drug-likeness (QED) is 0.696. The molecule has 0 saturated heterocycles. The second-order valence-electron chi connectivity index (χ2n) is 3.27. The zero-order valence-electron chi connectivity index (χ0n) is 8.77. The second kappa shape index (κ2) is 5.80. The molecule has 0 N–H and O–H groups in total. The van der Waals surface area contributed by atoms with E-state index in [1.807, 2.05) is 30.0 Å². The van der Waals surface area contributed by atoms with E-state index in [4.69, 9.17) is 10.5 Å². The number of benzene rings is 1. The average molecular weight is 199 g/mol. The van der Waals surface area contributed by atoms with Crippen LogP contribution in [0.4, 0.5) is 0 Å². The molecule has 0 atom stereocenters. The molecule has 0 spiro atoms. The number of hydrogen-bond donors (Lipinski definition) is 0. The summed E-state index contributed by atoms with van der Waals surface area (Å²) < 4.78 is 0. The Morgan fingerprint density at radius 3 is 2.73 bits per heavy atom. The molecule has 76 valence electrons. The fourth-order valence-corrected chi connectivity index (χ4v) is 1.38. The van der Waals surface area contributed by atoms with Gasteiger partial charge in [0.05, 0.1) is 24.2 Å². The summed E-state index contributed by atoms with van der Waals surface area (Å²) in [7, 11) is 0. The van der Waals surface area contributed by atoms with E-state index in [9.17, 15) is 0 Å². The van der Waals surface area contributed by atoms with Crippen LogP contribution in [0.5, 0.6) is 0 Å². The van der Waals surface area contributed by atoms with Crippen LogP contribution in [0.25, 0.3) is 0 Å². The van der Waals surface area contributed by atoms with Crippen molar-refractivity contribution in [1.29, 1.82) is 10.5 Å². The largest absolute Gasteiger partial charge is 0.287 e. The summed E-state index contributed by atoms with van der Waals surface area (Å²) in [4.78, 5) is 2.02. The van der Waals surface area contributed by atoms with E-state index in [0.29, 0.717) is 12.1 Å². The maximum atomic E-state index is 8.74. The maximum Gasteiger partial charge on any atom is 0.0991 e. The van der Waals surface area contributed by atoms with Gasteiger partial charge in [0.15, 0.2) is 0 Å². The molecule has 0 saturated carbocycles. The molecule has 3 heteroatoms. The van der Waals surface area contributed by atoms with E-state index in [0.717, 1.165) is 18.7 Å². The molecule has 0 heterocycles. The SMILES string of the molecule is CCN(CC#N)Cc1cccc(C#N)c1. The summed E-state index contributed by atoms with van der Waals surface area (Å²) in [5, 5.41) is 17.3. The molecule has 3 nitrogen and oxygen atoms in total. The molecule has 1 aromatic rings. The lowest BCUT2D eigenvalue weighted by Crippen LogP contribution is -2.22. The van der Waals surface area contributed by atoms with E-state index in [2.05, 4.69) is 12.1 Å². The Hall–Kier alpha value is -1.84. The third-order valence-electron chi connectivity index (χ3n) is 2.20. The molecular formula is C12H13N3. The molecule has 0 bridgehead atoms. The summed E-state index contributed by atoms with van der Waals surface area (Å²) in [6.45, 7) is 4.00. The van der Waals surface area contributed by atoms with Crippen molar-refractivity contribution in [3.63, 3.8) is 0 Å². The fourth-order valence-electron chi connectivity index (χ4n) is 1.38. The maximum absolute atomic E-state index is 8.74. The highest BCUT2D eigenvalue weighted by atomic mass is 15.1. The van der Waals surface area contributed by atoms with Gasteiger partial charge < -0.3 is 0 Å².